The Morgan fingerprint density at radius 3 is 1.91 bits per heavy atom. The molecule has 6 heteroatoms. The molecule has 33 heavy (non-hydrogen) atoms. The van der Waals surface area contributed by atoms with Gasteiger partial charge in [-0.25, -0.2) is 0 Å². The van der Waals surface area contributed by atoms with Crippen molar-refractivity contribution in [2.24, 2.45) is 5.92 Å². The summed E-state index contributed by atoms with van der Waals surface area (Å²) in [4.78, 5) is 39.1. The van der Waals surface area contributed by atoms with Gasteiger partial charge in [0.2, 0.25) is 11.8 Å². The first-order valence-corrected chi connectivity index (χ1v) is 11.7. The van der Waals surface area contributed by atoms with Crippen molar-refractivity contribution in [3.8, 4) is 0 Å². The molecule has 1 fully saturated rings. The molecule has 1 aliphatic heterocycles. The monoisotopic (exact) mass is 450 g/mol. The Balaban J connectivity index is 1.77. The van der Waals surface area contributed by atoms with Crippen LogP contribution in [-0.2, 0) is 32.0 Å². The highest BCUT2D eigenvalue weighted by molar-refractivity contribution is 5.98. The van der Waals surface area contributed by atoms with Crippen molar-refractivity contribution in [2.45, 2.75) is 64.1 Å². The second-order valence-corrected chi connectivity index (χ2v) is 9.16. The molecule has 2 N–H and O–H groups in total. The Morgan fingerprint density at radius 2 is 1.42 bits per heavy atom. The van der Waals surface area contributed by atoms with Crippen LogP contribution in [0.25, 0.3) is 0 Å². The third kappa shape index (κ3) is 7.26. The minimum absolute atomic E-state index is 0.149. The molecule has 0 spiro atoms. The summed E-state index contributed by atoms with van der Waals surface area (Å²) in [7, 11) is 0. The van der Waals surface area contributed by atoms with Crippen molar-refractivity contribution < 1.29 is 19.1 Å². The van der Waals surface area contributed by atoms with Crippen molar-refractivity contribution in [1.29, 1.82) is 0 Å². The van der Waals surface area contributed by atoms with Crippen LogP contribution in [0, 0.1) is 5.92 Å². The maximum absolute atomic E-state index is 13.4. The van der Waals surface area contributed by atoms with Crippen LogP contribution < -0.4 is 10.6 Å². The van der Waals surface area contributed by atoms with Crippen LogP contribution in [0.1, 0.15) is 44.7 Å². The van der Waals surface area contributed by atoms with Crippen molar-refractivity contribution in [3.05, 3.63) is 71.8 Å². The van der Waals surface area contributed by atoms with Gasteiger partial charge in [-0.2, -0.15) is 0 Å². The molecule has 2 aromatic rings. The molecule has 0 radical (unpaired) electrons. The number of carbonyl (C=O) groups is 3. The number of Topliss-reactive ketones (excluding diaryl/α,β-unsaturated/α-hetero) is 1. The summed E-state index contributed by atoms with van der Waals surface area (Å²) in [6.45, 7) is 6.14. The van der Waals surface area contributed by atoms with E-state index in [2.05, 4.69) is 10.6 Å². The molecule has 0 bridgehead atoms. The number of hydrogen-bond acceptors (Lipinski definition) is 4. The zero-order valence-corrected chi connectivity index (χ0v) is 19.7. The Labute approximate surface area is 196 Å². The number of hydrogen-bond donors (Lipinski definition) is 2. The maximum atomic E-state index is 13.4. The molecule has 0 aliphatic carbocycles. The van der Waals surface area contributed by atoms with Gasteiger partial charge in [-0.3, -0.25) is 14.4 Å². The van der Waals surface area contributed by atoms with E-state index in [1.165, 1.54) is 0 Å². The van der Waals surface area contributed by atoms with Crippen LogP contribution in [0.3, 0.4) is 0 Å². The number of carbonyl (C=O) groups excluding carboxylic acids is 3. The van der Waals surface area contributed by atoms with Crippen molar-refractivity contribution in [3.63, 3.8) is 0 Å². The standard InChI is InChI=1S/C27H34N2O4/c1-4-19(2)15-24(30)28-23(17-21-13-9-6-10-14-21)26(32)29-22(25(31)27(3)18-33-27)16-20-11-7-5-8-12-20/h5-14,19,22-23H,4,15-18H2,1-3H3,(H,28,30)(H,29,32)/t19?,22?,23-,27?/m0/s1. The van der Waals surface area contributed by atoms with E-state index in [0.717, 1.165) is 17.5 Å². The van der Waals surface area contributed by atoms with Gasteiger partial charge in [0.1, 0.15) is 11.6 Å². The molecule has 0 aromatic heterocycles. The summed E-state index contributed by atoms with van der Waals surface area (Å²) in [5, 5.41) is 5.82. The number of ketones is 1. The third-order valence-corrected chi connectivity index (χ3v) is 6.18. The highest BCUT2D eigenvalue weighted by Crippen LogP contribution is 2.29. The average molecular weight is 451 g/mol. The average Bonchev–Trinajstić information content (AvgIpc) is 3.57. The normalized spacial score (nSPS) is 19.7. The molecule has 176 valence electrons. The molecular weight excluding hydrogens is 416 g/mol. The van der Waals surface area contributed by atoms with Gasteiger partial charge >= 0.3 is 0 Å². The number of nitrogens with one attached hydrogen (secondary N) is 2. The Kier molecular flexibility index (Phi) is 8.39. The van der Waals surface area contributed by atoms with Crippen molar-refractivity contribution in [2.75, 3.05) is 6.61 Å². The van der Waals surface area contributed by atoms with Gasteiger partial charge in [0.15, 0.2) is 5.78 Å². The van der Waals surface area contributed by atoms with Crippen LogP contribution in [0.15, 0.2) is 60.7 Å². The number of amides is 2. The lowest BCUT2D eigenvalue weighted by molar-refractivity contribution is -0.133. The lowest BCUT2D eigenvalue weighted by Crippen LogP contribution is -2.55. The molecule has 2 amide bonds. The largest absolute Gasteiger partial charge is 0.361 e. The smallest absolute Gasteiger partial charge is 0.243 e. The third-order valence-electron chi connectivity index (χ3n) is 6.18. The van der Waals surface area contributed by atoms with Gasteiger partial charge < -0.3 is 15.4 Å². The fourth-order valence-electron chi connectivity index (χ4n) is 3.72. The Hall–Kier alpha value is -2.99. The van der Waals surface area contributed by atoms with E-state index in [4.69, 9.17) is 4.74 Å². The number of rotatable bonds is 12. The maximum Gasteiger partial charge on any atom is 0.243 e. The molecule has 3 unspecified atom stereocenters. The van der Waals surface area contributed by atoms with Crippen LogP contribution in [0.2, 0.25) is 0 Å². The summed E-state index contributed by atoms with van der Waals surface area (Å²) >= 11 is 0. The van der Waals surface area contributed by atoms with E-state index in [-0.39, 0.29) is 23.5 Å². The van der Waals surface area contributed by atoms with Crippen LogP contribution in [-0.4, -0.2) is 41.9 Å². The minimum atomic E-state index is -0.860. The highest BCUT2D eigenvalue weighted by atomic mass is 16.6. The van der Waals surface area contributed by atoms with E-state index < -0.39 is 17.7 Å². The van der Waals surface area contributed by atoms with Gasteiger partial charge in [-0.15, -0.1) is 0 Å². The van der Waals surface area contributed by atoms with Gasteiger partial charge in [0, 0.05) is 12.8 Å². The SMILES string of the molecule is CCC(C)CC(=O)N[C@@H](Cc1ccccc1)C(=O)NC(Cc1ccccc1)C(=O)C1(C)CO1. The van der Waals surface area contributed by atoms with Crippen LogP contribution in [0.4, 0.5) is 0 Å². The predicted molar refractivity (Wildman–Crippen MR) is 128 cm³/mol. The second kappa shape index (κ2) is 11.2. The van der Waals surface area contributed by atoms with Crippen LogP contribution in [0.5, 0.6) is 0 Å². The van der Waals surface area contributed by atoms with E-state index in [1.807, 2.05) is 74.5 Å². The molecular formula is C27H34N2O4. The zero-order valence-electron chi connectivity index (χ0n) is 19.7. The van der Waals surface area contributed by atoms with E-state index >= 15 is 0 Å². The molecule has 0 saturated carbocycles. The summed E-state index contributed by atoms with van der Waals surface area (Å²) in [5.41, 5.74) is 1.02. The minimum Gasteiger partial charge on any atom is -0.361 e. The van der Waals surface area contributed by atoms with Crippen LogP contribution >= 0.6 is 0 Å². The molecule has 1 aliphatic rings. The molecule has 1 heterocycles. The number of benzene rings is 2. The Bertz CT molecular complexity index is 941. The first kappa shape index (κ1) is 24.6. The summed E-state index contributed by atoms with van der Waals surface area (Å²) in [5.74, 6) is -0.451. The van der Waals surface area contributed by atoms with E-state index in [9.17, 15) is 14.4 Å². The van der Waals surface area contributed by atoms with Gasteiger partial charge in [-0.1, -0.05) is 80.9 Å². The Morgan fingerprint density at radius 1 is 0.909 bits per heavy atom. The molecule has 3 rings (SSSR count). The topological polar surface area (TPSA) is 87.8 Å². The van der Waals surface area contributed by atoms with E-state index in [0.29, 0.717) is 25.9 Å². The quantitative estimate of drug-likeness (QED) is 0.486. The number of epoxide rings is 1. The molecule has 1 saturated heterocycles. The molecule has 6 nitrogen and oxygen atoms in total. The summed E-state index contributed by atoms with van der Waals surface area (Å²) in [6.07, 6.45) is 1.95. The second-order valence-electron chi connectivity index (χ2n) is 9.16. The fourth-order valence-corrected chi connectivity index (χ4v) is 3.72. The molecule has 2 aromatic carbocycles. The number of ether oxygens (including phenoxy) is 1. The lowest BCUT2D eigenvalue weighted by atomic mass is 9.94. The highest BCUT2D eigenvalue weighted by Gasteiger charge is 2.50. The van der Waals surface area contributed by atoms with Gasteiger partial charge in [0.25, 0.3) is 0 Å². The van der Waals surface area contributed by atoms with Crippen molar-refractivity contribution >= 4 is 17.6 Å². The van der Waals surface area contributed by atoms with Gasteiger partial charge in [0.05, 0.1) is 12.6 Å². The first-order chi connectivity index (χ1) is 15.8. The summed E-state index contributed by atoms with van der Waals surface area (Å²) < 4.78 is 5.36. The first-order valence-electron chi connectivity index (χ1n) is 11.7. The zero-order chi connectivity index (χ0) is 23.8. The van der Waals surface area contributed by atoms with Crippen molar-refractivity contribution in [1.82, 2.24) is 10.6 Å². The predicted octanol–water partition coefficient (Wildman–Crippen LogP) is 3.24. The summed E-state index contributed by atoms with van der Waals surface area (Å²) in [6, 6.07) is 17.6. The molecule has 4 atom stereocenters. The van der Waals surface area contributed by atoms with E-state index in [1.54, 1.807) is 6.92 Å². The fraction of sp³-hybridized carbons (Fsp3) is 0.444. The lowest BCUT2D eigenvalue weighted by Gasteiger charge is -2.24. The van der Waals surface area contributed by atoms with Gasteiger partial charge in [-0.05, 0) is 30.4 Å².